The Kier molecular flexibility index (Phi) is 5.38. The van der Waals surface area contributed by atoms with Crippen LogP contribution < -0.4 is 9.64 Å². The molecular weight excluding hydrogens is 407 g/mol. The number of amides is 1. The first-order valence-corrected chi connectivity index (χ1v) is 9.61. The molecule has 0 unspecified atom stereocenters. The van der Waals surface area contributed by atoms with E-state index in [0.717, 1.165) is 16.9 Å². The van der Waals surface area contributed by atoms with Crippen molar-refractivity contribution in [3.63, 3.8) is 0 Å². The van der Waals surface area contributed by atoms with E-state index < -0.39 is 0 Å². The minimum atomic E-state index is -0.215. The van der Waals surface area contributed by atoms with E-state index in [9.17, 15) is 4.79 Å². The highest BCUT2D eigenvalue weighted by molar-refractivity contribution is 6.34. The number of ether oxygens (including phenoxy) is 1. The van der Waals surface area contributed by atoms with E-state index in [1.165, 1.54) is 0 Å². The van der Waals surface area contributed by atoms with Crippen molar-refractivity contribution in [1.82, 2.24) is 0 Å². The number of methoxy groups -OCH3 is 1. The molecule has 4 rings (SSSR count). The molecule has 0 atom stereocenters. The van der Waals surface area contributed by atoms with Gasteiger partial charge in [-0.15, -0.1) is 0 Å². The maximum Gasteiger partial charge on any atom is 0.282 e. The standard InChI is InChI=1S/C23H16Cl2N2O2/c1-29-20-12-2-15(3-13-20)14-21-23(28)27(19-10-8-18(25)9-11-19)22(26-21)16-4-6-17(24)7-5-16/h2-14H,1H3/b21-14+. The van der Waals surface area contributed by atoms with Gasteiger partial charge in [-0.1, -0.05) is 35.3 Å². The number of nitrogens with zero attached hydrogens (tertiary/aromatic N) is 2. The van der Waals surface area contributed by atoms with Gasteiger partial charge in [-0.3, -0.25) is 9.69 Å². The van der Waals surface area contributed by atoms with E-state index >= 15 is 0 Å². The fraction of sp³-hybridized carbons (Fsp3) is 0.0435. The molecule has 0 fully saturated rings. The third-order valence-corrected chi connectivity index (χ3v) is 4.97. The monoisotopic (exact) mass is 422 g/mol. The molecule has 0 aromatic heterocycles. The molecule has 1 heterocycles. The van der Waals surface area contributed by atoms with Gasteiger partial charge in [0.15, 0.2) is 0 Å². The van der Waals surface area contributed by atoms with Crippen LogP contribution in [0.25, 0.3) is 6.08 Å². The zero-order chi connectivity index (χ0) is 20.4. The summed E-state index contributed by atoms with van der Waals surface area (Å²) < 4.78 is 5.18. The topological polar surface area (TPSA) is 41.9 Å². The summed E-state index contributed by atoms with van der Waals surface area (Å²) in [5.74, 6) is 1.07. The summed E-state index contributed by atoms with van der Waals surface area (Å²) in [6.45, 7) is 0. The Morgan fingerprint density at radius 2 is 1.45 bits per heavy atom. The normalized spacial score (nSPS) is 15.0. The Hall–Kier alpha value is -3.08. The van der Waals surface area contributed by atoms with Crippen molar-refractivity contribution >= 4 is 46.7 Å². The summed E-state index contributed by atoms with van der Waals surface area (Å²) in [6, 6.07) is 21.7. The average Bonchev–Trinajstić information content (AvgIpc) is 3.06. The molecule has 3 aromatic rings. The van der Waals surface area contributed by atoms with Gasteiger partial charge in [-0.2, -0.15) is 0 Å². The lowest BCUT2D eigenvalue weighted by molar-refractivity contribution is -0.113. The van der Waals surface area contributed by atoms with E-state index in [4.69, 9.17) is 27.9 Å². The van der Waals surface area contributed by atoms with Crippen molar-refractivity contribution in [2.24, 2.45) is 4.99 Å². The lowest BCUT2D eigenvalue weighted by atomic mass is 10.1. The summed E-state index contributed by atoms with van der Waals surface area (Å²) in [5, 5.41) is 1.21. The van der Waals surface area contributed by atoms with E-state index in [1.54, 1.807) is 54.5 Å². The van der Waals surface area contributed by atoms with Crippen LogP contribution in [0.2, 0.25) is 10.0 Å². The average molecular weight is 423 g/mol. The first-order valence-electron chi connectivity index (χ1n) is 8.85. The summed E-state index contributed by atoms with van der Waals surface area (Å²) in [5.41, 5.74) is 2.67. The number of halogens is 2. The summed E-state index contributed by atoms with van der Waals surface area (Å²) in [6.07, 6.45) is 1.76. The molecular formula is C23H16Cl2N2O2. The van der Waals surface area contributed by atoms with Crippen LogP contribution in [0.1, 0.15) is 11.1 Å². The molecule has 1 amide bonds. The highest BCUT2D eigenvalue weighted by atomic mass is 35.5. The van der Waals surface area contributed by atoms with Crippen LogP contribution in [0.15, 0.2) is 83.5 Å². The fourth-order valence-electron chi connectivity index (χ4n) is 3.00. The molecule has 144 valence electrons. The Bertz CT molecular complexity index is 1100. The van der Waals surface area contributed by atoms with Gasteiger partial charge in [0.1, 0.15) is 17.3 Å². The van der Waals surface area contributed by atoms with Crippen molar-refractivity contribution in [1.29, 1.82) is 0 Å². The summed E-state index contributed by atoms with van der Waals surface area (Å²) in [4.78, 5) is 19.4. The van der Waals surface area contributed by atoms with Crippen molar-refractivity contribution in [3.8, 4) is 5.75 Å². The summed E-state index contributed by atoms with van der Waals surface area (Å²) >= 11 is 12.0. The minimum absolute atomic E-state index is 0.215. The molecule has 1 aliphatic rings. The van der Waals surface area contributed by atoms with Gasteiger partial charge in [-0.05, 0) is 72.3 Å². The lowest BCUT2D eigenvalue weighted by Gasteiger charge is -2.18. The number of rotatable bonds is 4. The van der Waals surface area contributed by atoms with Crippen molar-refractivity contribution in [2.45, 2.75) is 0 Å². The lowest BCUT2D eigenvalue weighted by Crippen LogP contribution is -2.32. The van der Waals surface area contributed by atoms with E-state index in [-0.39, 0.29) is 5.91 Å². The summed E-state index contributed by atoms with van der Waals surface area (Å²) in [7, 11) is 1.61. The highest BCUT2D eigenvalue weighted by Gasteiger charge is 2.32. The number of benzene rings is 3. The molecule has 0 N–H and O–H groups in total. The smallest absolute Gasteiger partial charge is 0.282 e. The third kappa shape index (κ3) is 4.04. The van der Waals surface area contributed by atoms with Gasteiger partial charge in [0, 0.05) is 15.6 Å². The van der Waals surface area contributed by atoms with Crippen molar-refractivity contribution in [3.05, 3.63) is 99.7 Å². The first kappa shape index (κ1) is 19.2. The Morgan fingerprint density at radius 3 is 2.03 bits per heavy atom. The number of carbonyl (C=O) groups is 1. The van der Waals surface area contributed by atoms with Crippen molar-refractivity contribution in [2.75, 3.05) is 12.0 Å². The second-order valence-corrected chi connectivity index (χ2v) is 7.23. The van der Waals surface area contributed by atoms with E-state index in [1.807, 2.05) is 36.4 Å². The van der Waals surface area contributed by atoms with Crippen LogP contribution in [0, 0.1) is 0 Å². The molecule has 0 saturated heterocycles. The molecule has 0 saturated carbocycles. The number of anilines is 1. The Labute approximate surface area is 178 Å². The first-order chi connectivity index (χ1) is 14.0. The highest BCUT2D eigenvalue weighted by Crippen LogP contribution is 2.29. The predicted molar refractivity (Wildman–Crippen MR) is 118 cm³/mol. The maximum atomic E-state index is 13.2. The van der Waals surface area contributed by atoms with Gasteiger partial charge in [0.2, 0.25) is 0 Å². The van der Waals surface area contributed by atoms with Crippen molar-refractivity contribution < 1.29 is 9.53 Å². The molecule has 0 aliphatic carbocycles. The van der Waals surface area contributed by atoms with Crippen LogP contribution in [-0.2, 0) is 4.79 Å². The van der Waals surface area contributed by atoms with E-state index in [2.05, 4.69) is 4.99 Å². The molecule has 0 bridgehead atoms. The van der Waals surface area contributed by atoms with Crippen LogP contribution in [0.4, 0.5) is 5.69 Å². The number of carbonyl (C=O) groups excluding carboxylic acids is 1. The van der Waals surface area contributed by atoms with Crippen LogP contribution in [0.3, 0.4) is 0 Å². The predicted octanol–water partition coefficient (Wildman–Crippen LogP) is 5.84. The Morgan fingerprint density at radius 1 is 0.862 bits per heavy atom. The second-order valence-electron chi connectivity index (χ2n) is 6.36. The van der Waals surface area contributed by atoms with Gasteiger partial charge in [-0.25, -0.2) is 4.99 Å². The van der Waals surface area contributed by atoms with Gasteiger partial charge in [0.05, 0.1) is 12.8 Å². The zero-order valence-electron chi connectivity index (χ0n) is 15.5. The number of aliphatic imine (C=N–C) groups is 1. The largest absolute Gasteiger partial charge is 0.497 e. The molecule has 4 nitrogen and oxygen atoms in total. The van der Waals surface area contributed by atoms with Gasteiger partial charge in [0.25, 0.3) is 5.91 Å². The number of amidine groups is 1. The second kappa shape index (κ2) is 8.11. The van der Waals surface area contributed by atoms with Crippen LogP contribution in [-0.4, -0.2) is 18.9 Å². The van der Waals surface area contributed by atoms with Crippen LogP contribution in [0.5, 0.6) is 5.75 Å². The number of hydrogen-bond donors (Lipinski definition) is 0. The molecule has 3 aromatic carbocycles. The SMILES string of the molecule is COc1ccc(/C=C2/N=C(c3ccc(Cl)cc3)N(c3ccc(Cl)cc3)C2=O)cc1. The van der Waals surface area contributed by atoms with Crippen LogP contribution >= 0.6 is 23.2 Å². The van der Waals surface area contributed by atoms with E-state index in [0.29, 0.717) is 27.3 Å². The zero-order valence-corrected chi connectivity index (χ0v) is 17.0. The molecule has 0 spiro atoms. The quantitative estimate of drug-likeness (QED) is 0.495. The van der Waals surface area contributed by atoms with Gasteiger partial charge < -0.3 is 4.74 Å². The third-order valence-electron chi connectivity index (χ3n) is 4.47. The number of hydrogen-bond acceptors (Lipinski definition) is 3. The maximum absolute atomic E-state index is 13.2. The Balaban J connectivity index is 1.78. The molecule has 1 aliphatic heterocycles. The van der Waals surface area contributed by atoms with Gasteiger partial charge >= 0.3 is 0 Å². The fourth-order valence-corrected chi connectivity index (χ4v) is 3.25. The molecule has 0 radical (unpaired) electrons. The minimum Gasteiger partial charge on any atom is -0.497 e. The molecule has 6 heteroatoms. The molecule has 29 heavy (non-hydrogen) atoms.